The van der Waals surface area contributed by atoms with Gasteiger partial charge in [0.25, 0.3) is 0 Å². The van der Waals surface area contributed by atoms with Gasteiger partial charge in [-0.3, -0.25) is 0 Å². The average molecular weight is 383 g/mol. The van der Waals surface area contributed by atoms with E-state index in [0.717, 1.165) is 12.7 Å². The van der Waals surface area contributed by atoms with Crippen molar-refractivity contribution in [2.45, 2.75) is 58.1 Å². The average Bonchev–Trinajstić information content (AvgIpc) is 3.22. The van der Waals surface area contributed by atoms with Crippen LogP contribution < -0.4 is 0 Å². The Bertz CT molecular complexity index is 970. The number of alkyl halides is 1. The van der Waals surface area contributed by atoms with E-state index in [9.17, 15) is 0 Å². The maximum atomic E-state index is 3.13. The van der Waals surface area contributed by atoms with Gasteiger partial charge >= 0.3 is 106 Å². The maximum absolute atomic E-state index is 3.13. The Morgan fingerprint density at radius 2 is 1.53 bits per heavy atom. The molecule has 10 saturated heterocycles. The minimum absolute atomic E-state index is 0.948. The van der Waals surface area contributed by atoms with Crippen molar-refractivity contribution in [3.05, 3.63) is 0 Å². The Morgan fingerprint density at radius 3 is 1.71 bits per heavy atom. The van der Waals surface area contributed by atoms with Crippen LogP contribution in [0.15, 0.2) is 0 Å². The van der Waals surface area contributed by atoms with E-state index in [0.29, 0.717) is 0 Å². The van der Waals surface area contributed by atoms with Gasteiger partial charge in [0.15, 0.2) is 0 Å². The molecule has 0 N–H and O–H groups in total. The van der Waals surface area contributed by atoms with Crippen LogP contribution in [0.3, 0.4) is 0 Å². The van der Waals surface area contributed by atoms with Crippen molar-refractivity contribution in [3.63, 3.8) is 0 Å². The van der Waals surface area contributed by atoms with Gasteiger partial charge in [-0.1, -0.05) is 0 Å². The Labute approximate surface area is 105 Å². The van der Waals surface area contributed by atoms with Crippen LogP contribution in [-0.4, -0.2) is 27.4 Å². The number of hydrogen-bond acceptors (Lipinski definition) is 1. The summed E-state index contributed by atoms with van der Waals surface area (Å²) in [5.74, 6) is 0. The molecule has 10 rings (SSSR count). The zero-order chi connectivity index (χ0) is 11.1. The van der Waals surface area contributed by atoms with Gasteiger partial charge in [-0.05, 0) is 0 Å². The van der Waals surface area contributed by atoms with Gasteiger partial charge in [-0.15, -0.1) is 0 Å². The first-order chi connectivity index (χ1) is 7.79. The topological polar surface area (TPSA) is 3.24 Å². The predicted octanol–water partition coefficient (Wildman–Crippen LogP) is 4.04. The van der Waals surface area contributed by atoms with Gasteiger partial charge < -0.3 is 0 Å². The van der Waals surface area contributed by atoms with Crippen molar-refractivity contribution in [1.29, 1.82) is 0 Å². The van der Waals surface area contributed by atoms with E-state index in [1.165, 1.54) is 38.5 Å². The zero-order valence-electron chi connectivity index (χ0n) is 10.4. The summed E-state index contributed by atoms with van der Waals surface area (Å²) >= 11 is 3.13. The van der Waals surface area contributed by atoms with Gasteiger partial charge in [-0.25, -0.2) is 0 Å². The minimum atomic E-state index is -2.91. The summed E-state index contributed by atoms with van der Waals surface area (Å²) in [4.78, 5) is 14.3. The van der Waals surface area contributed by atoms with E-state index in [-0.39, 0.29) is 0 Å². The third-order valence-corrected chi connectivity index (χ3v) is 69.4. The molecule has 10 fully saturated rings. The molecule has 10 aliphatic rings. The summed E-state index contributed by atoms with van der Waals surface area (Å²) in [6, 6.07) is 0.948. The number of hydrogen-bond donors (Lipinski definition) is 0. The van der Waals surface area contributed by atoms with Crippen molar-refractivity contribution in [1.82, 2.24) is 4.90 Å². The molecule has 0 aromatic heterocycles. The van der Waals surface area contributed by atoms with Gasteiger partial charge in [0.2, 0.25) is 0 Å². The Hall–Kier alpha value is 1.21. The molecule has 0 bridgehead atoms. The van der Waals surface area contributed by atoms with Crippen molar-refractivity contribution in [2.75, 3.05) is 14.1 Å². The summed E-state index contributed by atoms with van der Waals surface area (Å²) in [5, 5.41) is 0. The fraction of sp³-hybridized carbons (Fsp3) is 1.00. The van der Waals surface area contributed by atoms with Gasteiger partial charge in [-0.2, -0.15) is 0 Å². The molecule has 17 heavy (non-hydrogen) atoms. The third kappa shape index (κ3) is 0.0702. The molecule has 10 heterocycles. The van der Waals surface area contributed by atoms with Crippen LogP contribution in [0.4, 0.5) is 0 Å². The molecule has 1 nitrogen and oxygen atoms in total. The monoisotopic (exact) mass is 383 g/mol. The fourth-order valence-corrected chi connectivity index (χ4v) is 112. The van der Waals surface area contributed by atoms with Crippen molar-refractivity contribution < 1.29 is 6.51 Å². The molecule has 1 spiro atoms. The van der Waals surface area contributed by atoms with E-state index in [2.05, 4.69) is 48.5 Å². The Kier molecular flexibility index (Phi) is 0.249. The molecular formula is C14H18FeIN. The number of fused-ring (bicyclic) bond motifs is 10. The van der Waals surface area contributed by atoms with E-state index >= 15 is 0 Å². The fourth-order valence-electron chi connectivity index (χ4n) is 18.0. The number of halogens is 1. The van der Waals surface area contributed by atoms with E-state index in [1.807, 2.05) is 0 Å². The van der Waals surface area contributed by atoms with E-state index in [1.54, 1.807) is 0 Å². The van der Waals surface area contributed by atoms with Gasteiger partial charge in [0.05, 0.1) is 0 Å². The molecule has 0 amide bonds. The second kappa shape index (κ2) is 0.581. The summed E-state index contributed by atoms with van der Waals surface area (Å²) in [7, 11) is 4.74. The van der Waals surface area contributed by atoms with Crippen molar-refractivity contribution in [2.24, 2.45) is 0 Å². The van der Waals surface area contributed by atoms with E-state index in [4.69, 9.17) is 0 Å². The normalized spacial score (nSPS) is 126. The van der Waals surface area contributed by atoms with Crippen LogP contribution in [0, 0.1) is 0 Å². The van der Waals surface area contributed by atoms with Crippen LogP contribution in [0.5, 0.6) is 0 Å². The van der Waals surface area contributed by atoms with E-state index < -0.39 is 6.51 Å². The zero-order valence-corrected chi connectivity index (χ0v) is 13.6. The number of nitrogens with zero attached hydrogens (tertiary/aromatic N) is 1. The number of rotatable bonds is 2. The van der Waals surface area contributed by atoms with Crippen LogP contribution in [-0.2, 0) is 6.51 Å². The van der Waals surface area contributed by atoms with Gasteiger partial charge in [0, 0.05) is 0 Å². The molecule has 0 aliphatic carbocycles. The second-order valence-corrected chi connectivity index (χ2v) is 37.3. The third-order valence-electron chi connectivity index (χ3n) is 16.2. The van der Waals surface area contributed by atoms with Gasteiger partial charge in [0.1, 0.15) is 0 Å². The SMILES string of the molecule is C[C@H](N(C)C)[C@]12[CH]3[CH]4[CH]5[C]1(I)[Fe]45321678[CH]2[CH]1[CH]6[CH]7[CH]28. The van der Waals surface area contributed by atoms with Crippen LogP contribution >= 0.6 is 22.6 Å². The standard InChI is InChI=1S/C9H13IN.C5H5.Fe/c1-7(11(2)3)8-5-4-6-9(8)10;1-2-4-5-3-1;/h4-7H,1-3H3;1-5H;/t7-;;/m0../s1. The van der Waals surface area contributed by atoms with Crippen LogP contribution in [0.2, 0.25) is 42.8 Å². The first kappa shape index (κ1) is 7.28. The molecule has 0 aromatic rings. The Balaban J connectivity index is 1.66. The molecule has 3 heteroatoms. The molecule has 0 aromatic carbocycles. The predicted molar refractivity (Wildman–Crippen MR) is 72.6 cm³/mol. The van der Waals surface area contributed by atoms with Crippen LogP contribution in [0.25, 0.3) is 0 Å². The quantitative estimate of drug-likeness (QED) is 0.396. The summed E-state index contributed by atoms with van der Waals surface area (Å²) in [6.07, 6.45) is 0. The second-order valence-electron chi connectivity index (χ2n) is 11.4. The molecular weight excluding hydrogens is 365 g/mol. The molecule has 94 valence electrons. The summed E-state index contributed by atoms with van der Waals surface area (Å²) < 4.78 is 2.05. The molecule has 0 saturated carbocycles. The van der Waals surface area contributed by atoms with Crippen molar-refractivity contribution >= 4 is 22.6 Å². The molecule has 4 unspecified atom stereocenters. The summed E-state index contributed by atoms with van der Waals surface area (Å²) in [6.45, 7) is -0.281. The first-order valence-electron chi connectivity index (χ1n) is 7.35. The molecule has 0 radical (unpaired) electrons. The molecule has 10 aliphatic heterocycles. The first-order valence-corrected chi connectivity index (χ1v) is 14.6. The summed E-state index contributed by atoms with van der Waals surface area (Å²) in [5.41, 5.74) is 0. The Morgan fingerprint density at radius 1 is 1.00 bits per heavy atom. The van der Waals surface area contributed by atoms with Crippen LogP contribution in [0.1, 0.15) is 6.92 Å². The van der Waals surface area contributed by atoms with Crippen molar-refractivity contribution in [3.8, 4) is 0 Å². The molecule has 6 atom stereocenters.